The lowest BCUT2D eigenvalue weighted by Crippen LogP contribution is -2.29. The molecule has 110 valence electrons. The second-order valence-electron chi connectivity index (χ2n) is 4.85. The highest BCUT2D eigenvalue weighted by molar-refractivity contribution is 7.91. The molecule has 0 bridgehead atoms. The number of ether oxygens (including phenoxy) is 1. The van der Waals surface area contributed by atoms with Gasteiger partial charge in [0.15, 0.2) is 9.84 Å². The minimum Gasteiger partial charge on any atom is -0.488 e. The van der Waals surface area contributed by atoms with E-state index in [1.807, 2.05) is 18.2 Å². The van der Waals surface area contributed by atoms with E-state index in [9.17, 15) is 8.42 Å². The molecular formula is C14H18ClNO3S. The second kappa shape index (κ2) is 6.61. The Morgan fingerprint density at radius 2 is 2.30 bits per heavy atom. The monoisotopic (exact) mass is 315 g/mol. The van der Waals surface area contributed by atoms with Gasteiger partial charge in [0.2, 0.25) is 0 Å². The zero-order valence-electron chi connectivity index (χ0n) is 11.1. The van der Waals surface area contributed by atoms with E-state index in [0.717, 1.165) is 5.56 Å². The normalized spacial score (nSPS) is 20.8. The first-order valence-electron chi connectivity index (χ1n) is 6.46. The minimum atomic E-state index is -2.84. The Kier molecular flexibility index (Phi) is 5.07. The lowest BCUT2D eigenvalue weighted by molar-refractivity contribution is 0.363. The number of hydrogen-bond donors (Lipinski definition) is 1. The molecule has 0 aliphatic carbocycles. The van der Waals surface area contributed by atoms with E-state index >= 15 is 0 Å². The smallest absolute Gasteiger partial charge is 0.151 e. The third-order valence-electron chi connectivity index (χ3n) is 3.18. The van der Waals surface area contributed by atoms with Crippen LogP contribution < -0.4 is 10.1 Å². The van der Waals surface area contributed by atoms with Crippen LogP contribution in [0.15, 0.2) is 30.9 Å². The molecule has 1 fully saturated rings. The van der Waals surface area contributed by atoms with Gasteiger partial charge in [-0.25, -0.2) is 8.42 Å². The van der Waals surface area contributed by atoms with Crippen LogP contribution in [0.1, 0.15) is 12.0 Å². The molecule has 1 heterocycles. The minimum absolute atomic E-state index is 0.0375. The molecule has 0 amide bonds. The molecule has 0 radical (unpaired) electrons. The lowest BCUT2D eigenvalue weighted by atomic mass is 10.2. The topological polar surface area (TPSA) is 55.4 Å². The summed E-state index contributed by atoms with van der Waals surface area (Å²) in [5, 5.41) is 3.80. The van der Waals surface area contributed by atoms with Crippen molar-refractivity contribution in [3.8, 4) is 5.75 Å². The van der Waals surface area contributed by atoms with Gasteiger partial charge in [-0.3, -0.25) is 0 Å². The van der Waals surface area contributed by atoms with Gasteiger partial charge in [0, 0.05) is 12.6 Å². The van der Waals surface area contributed by atoms with Crippen LogP contribution in [-0.4, -0.2) is 32.6 Å². The van der Waals surface area contributed by atoms with Crippen LogP contribution in [0.4, 0.5) is 0 Å². The van der Waals surface area contributed by atoms with Crippen molar-refractivity contribution in [1.82, 2.24) is 5.32 Å². The predicted octanol–water partition coefficient (Wildman–Crippen LogP) is 2.18. The fourth-order valence-corrected chi connectivity index (χ4v) is 4.10. The maximum atomic E-state index is 11.4. The zero-order valence-corrected chi connectivity index (χ0v) is 12.7. The van der Waals surface area contributed by atoms with E-state index in [1.54, 1.807) is 6.08 Å². The maximum absolute atomic E-state index is 11.4. The number of sulfone groups is 1. The first kappa shape index (κ1) is 15.4. The standard InChI is InChI=1S/C14H18ClNO3S/c1-2-6-19-14-4-3-11(8-13(14)15)9-16-12-5-7-20(17,18)10-12/h2-4,8,12,16H,1,5-7,9-10H2. The Labute approximate surface area is 124 Å². The van der Waals surface area contributed by atoms with Crippen molar-refractivity contribution in [2.75, 3.05) is 18.1 Å². The fraction of sp³-hybridized carbons (Fsp3) is 0.429. The summed E-state index contributed by atoms with van der Waals surface area (Å²) in [7, 11) is -2.84. The Balaban J connectivity index is 1.90. The van der Waals surface area contributed by atoms with Crippen LogP contribution in [0.5, 0.6) is 5.75 Å². The highest BCUT2D eigenvalue weighted by Crippen LogP contribution is 2.25. The van der Waals surface area contributed by atoms with Gasteiger partial charge < -0.3 is 10.1 Å². The van der Waals surface area contributed by atoms with E-state index < -0.39 is 9.84 Å². The van der Waals surface area contributed by atoms with E-state index in [1.165, 1.54) is 0 Å². The molecule has 1 aromatic carbocycles. The van der Waals surface area contributed by atoms with Crippen molar-refractivity contribution in [2.24, 2.45) is 0 Å². The summed E-state index contributed by atoms with van der Waals surface area (Å²) in [4.78, 5) is 0. The molecule has 20 heavy (non-hydrogen) atoms. The van der Waals surface area contributed by atoms with Gasteiger partial charge in [-0.15, -0.1) is 0 Å². The maximum Gasteiger partial charge on any atom is 0.151 e. The van der Waals surface area contributed by atoms with Gasteiger partial charge in [0.1, 0.15) is 12.4 Å². The van der Waals surface area contributed by atoms with E-state index in [4.69, 9.17) is 16.3 Å². The Morgan fingerprint density at radius 1 is 1.50 bits per heavy atom. The summed E-state index contributed by atoms with van der Waals surface area (Å²) in [6.45, 7) is 4.59. The third kappa shape index (κ3) is 4.23. The summed E-state index contributed by atoms with van der Waals surface area (Å²) < 4.78 is 28.1. The summed E-state index contributed by atoms with van der Waals surface area (Å²) in [6, 6.07) is 5.60. The molecule has 0 spiro atoms. The van der Waals surface area contributed by atoms with Crippen molar-refractivity contribution < 1.29 is 13.2 Å². The van der Waals surface area contributed by atoms with Gasteiger partial charge in [-0.1, -0.05) is 30.3 Å². The first-order valence-corrected chi connectivity index (χ1v) is 8.66. The summed E-state index contributed by atoms with van der Waals surface area (Å²) in [5.74, 6) is 1.12. The van der Waals surface area contributed by atoms with Crippen molar-refractivity contribution in [3.63, 3.8) is 0 Å². The predicted molar refractivity (Wildman–Crippen MR) is 81.0 cm³/mol. The molecule has 0 aromatic heterocycles. The first-order chi connectivity index (χ1) is 9.50. The van der Waals surface area contributed by atoms with Crippen LogP contribution in [0, 0.1) is 0 Å². The van der Waals surface area contributed by atoms with Crippen molar-refractivity contribution in [1.29, 1.82) is 0 Å². The van der Waals surface area contributed by atoms with Crippen LogP contribution in [0.3, 0.4) is 0 Å². The highest BCUT2D eigenvalue weighted by atomic mass is 35.5. The van der Waals surface area contributed by atoms with E-state index in [2.05, 4.69) is 11.9 Å². The Morgan fingerprint density at radius 3 is 2.90 bits per heavy atom. The number of rotatable bonds is 6. The van der Waals surface area contributed by atoms with Crippen LogP contribution in [0.25, 0.3) is 0 Å². The Bertz CT molecular complexity index is 586. The van der Waals surface area contributed by atoms with Gasteiger partial charge in [0.25, 0.3) is 0 Å². The van der Waals surface area contributed by atoms with Gasteiger partial charge in [-0.05, 0) is 24.1 Å². The van der Waals surface area contributed by atoms with Gasteiger partial charge in [-0.2, -0.15) is 0 Å². The lowest BCUT2D eigenvalue weighted by Gasteiger charge is -2.12. The quantitative estimate of drug-likeness (QED) is 0.818. The second-order valence-corrected chi connectivity index (χ2v) is 7.48. The molecule has 6 heteroatoms. The molecule has 1 aromatic rings. The average Bonchev–Trinajstić information content (AvgIpc) is 2.75. The highest BCUT2D eigenvalue weighted by Gasteiger charge is 2.27. The van der Waals surface area contributed by atoms with Crippen molar-refractivity contribution in [2.45, 2.75) is 19.0 Å². The van der Waals surface area contributed by atoms with E-state index in [0.29, 0.717) is 30.3 Å². The van der Waals surface area contributed by atoms with Crippen molar-refractivity contribution in [3.05, 3.63) is 41.4 Å². The van der Waals surface area contributed by atoms with Crippen LogP contribution >= 0.6 is 11.6 Å². The molecular weight excluding hydrogens is 298 g/mol. The SMILES string of the molecule is C=CCOc1ccc(CNC2CCS(=O)(=O)C2)cc1Cl. The number of benzene rings is 1. The number of hydrogen-bond acceptors (Lipinski definition) is 4. The van der Waals surface area contributed by atoms with Crippen LogP contribution in [0.2, 0.25) is 5.02 Å². The van der Waals surface area contributed by atoms with Crippen LogP contribution in [-0.2, 0) is 16.4 Å². The van der Waals surface area contributed by atoms with Gasteiger partial charge in [0.05, 0.1) is 16.5 Å². The number of nitrogens with one attached hydrogen (secondary N) is 1. The summed E-state index contributed by atoms with van der Waals surface area (Å²) in [6.07, 6.45) is 2.34. The molecule has 1 atom stereocenters. The number of halogens is 1. The molecule has 4 nitrogen and oxygen atoms in total. The van der Waals surface area contributed by atoms with Crippen molar-refractivity contribution >= 4 is 21.4 Å². The third-order valence-corrected chi connectivity index (χ3v) is 5.24. The summed E-state index contributed by atoms with van der Waals surface area (Å²) >= 11 is 6.12. The molecule has 1 aliphatic rings. The van der Waals surface area contributed by atoms with Gasteiger partial charge >= 0.3 is 0 Å². The van der Waals surface area contributed by atoms with E-state index in [-0.39, 0.29) is 17.5 Å². The molecule has 1 unspecified atom stereocenters. The molecule has 1 N–H and O–H groups in total. The molecule has 1 saturated heterocycles. The largest absolute Gasteiger partial charge is 0.488 e. The average molecular weight is 316 g/mol. The molecule has 0 saturated carbocycles. The summed E-state index contributed by atoms with van der Waals surface area (Å²) in [5.41, 5.74) is 1.00. The zero-order chi connectivity index (χ0) is 14.6. The fourth-order valence-electron chi connectivity index (χ4n) is 2.14. The Hall–Kier alpha value is -1.04. The molecule has 1 aliphatic heterocycles. The molecule has 2 rings (SSSR count).